The molecule has 9 nitrogen and oxygen atoms in total. The second-order valence-electron chi connectivity index (χ2n) is 14.1. The normalized spacial score (nSPS) is 13.3. The van der Waals surface area contributed by atoms with Gasteiger partial charge in [0.2, 0.25) is 0 Å². The lowest BCUT2D eigenvalue weighted by Gasteiger charge is -2.15. The maximum absolute atomic E-state index is 13.8. The first-order valence-electron chi connectivity index (χ1n) is 17.9. The summed E-state index contributed by atoms with van der Waals surface area (Å²) in [5, 5.41) is 0. The number of hydrogen-bond donors (Lipinski definition) is 0. The van der Waals surface area contributed by atoms with Crippen LogP contribution in [0.4, 0.5) is 11.4 Å². The largest absolute Gasteiger partial charge is 0.289 e. The van der Waals surface area contributed by atoms with Crippen molar-refractivity contribution in [1.29, 1.82) is 0 Å². The lowest BCUT2D eigenvalue weighted by molar-refractivity contribution is 0.0910. The molecule has 0 spiro atoms. The van der Waals surface area contributed by atoms with Crippen molar-refractivity contribution in [2.24, 2.45) is 0 Å². The topological polar surface area (TPSA) is 126 Å². The highest BCUT2D eigenvalue weighted by Gasteiger charge is 2.39. The van der Waals surface area contributed by atoms with Crippen LogP contribution in [0.2, 0.25) is 0 Å². The molecule has 0 fully saturated rings. The fraction of sp³-hybridized carbons (Fsp3) is 0.0851. The first kappa shape index (κ1) is 35.6. The fourth-order valence-corrected chi connectivity index (χ4v) is 7.07. The van der Waals surface area contributed by atoms with Crippen LogP contribution in [0.25, 0.3) is 0 Å². The van der Waals surface area contributed by atoms with Crippen molar-refractivity contribution in [1.82, 2.24) is 0 Å². The molecule has 272 valence electrons. The van der Waals surface area contributed by atoms with Gasteiger partial charge in [-0.3, -0.25) is 33.6 Å². The van der Waals surface area contributed by atoms with Crippen LogP contribution in [-0.2, 0) is 0 Å². The lowest BCUT2D eigenvalue weighted by atomic mass is 9.96. The number of hydrogen-bond acceptors (Lipinski definition) is 7. The van der Waals surface area contributed by atoms with Crippen LogP contribution in [0.5, 0.6) is 0 Å². The predicted molar refractivity (Wildman–Crippen MR) is 210 cm³/mol. The van der Waals surface area contributed by atoms with Crippen LogP contribution in [0, 0.1) is 27.7 Å². The second kappa shape index (κ2) is 13.5. The summed E-state index contributed by atoms with van der Waals surface area (Å²) in [5.74, 6) is -3.54. The van der Waals surface area contributed by atoms with Gasteiger partial charge in [0.25, 0.3) is 23.6 Å². The van der Waals surface area contributed by atoms with Gasteiger partial charge in [-0.2, -0.15) is 0 Å². The first-order valence-corrected chi connectivity index (χ1v) is 17.9. The van der Waals surface area contributed by atoms with Gasteiger partial charge in [-0.15, -0.1) is 0 Å². The standard InChI is InChI=1S/C47H32N2O7/c1-25-11-13-31(19-27(25)3)41(50)29-7-5-9-35(21-29)48-44(53)37-17-15-33(23-39(37)46(48)55)43(52)34-16-18-38-40(24-34)47(56)49(45(38)54)36-10-6-8-30(22-36)42(51)32-14-12-26(2)28(4)20-32/h5-24H,1-4H3. The van der Waals surface area contributed by atoms with E-state index in [0.717, 1.165) is 32.1 Å². The summed E-state index contributed by atoms with van der Waals surface area (Å²) >= 11 is 0. The SMILES string of the molecule is Cc1ccc(C(=O)c2cccc(N3C(=O)c4ccc(C(=O)c5ccc6c(c5)C(=O)N(c5cccc(C(=O)c7ccc(C)c(C)c7)c5)C6=O)cc4C3=O)c2)cc1C. The van der Waals surface area contributed by atoms with Gasteiger partial charge in [-0.05, 0) is 111 Å². The number of ketones is 3. The van der Waals surface area contributed by atoms with E-state index >= 15 is 0 Å². The average molecular weight is 737 g/mol. The van der Waals surface area contributed by atoms with Crippen LogP contribution in [0.1, 0.15) is 111 Å². The van der Waals surface area contributed by atoms with Gasteiger partial charge in [0.15, 0.2) is 17.3 Å². The Kier molecular flexibility index (Phi) is 8.57. The number of nitrogens with zero attached hydrogens (tertiary/aromatic N) is 2. The summed E-state index contributed by atoms with van der Waals surface area (Å²) in [5.41, 5.74) is 6.43. The van der Waals surface area contributed by atoms with Crippen molar-refractivity contribution in [2.45, 2.75) is 27.7 Å². The van der Waals surface area contributed by atoms with Gasteiger partial charge in [-0.1, -0.05) is 60.7 Å². The Hall–Kier alpha value is -7.39. The van der Waals surface area contributed by atoms with E-state index in [1.54, 1.807) is 60.7 Å². The van der Waals surface area contributed by atoms with Gasteiger partial charge < -0.3 is 0 Å². The lowest BCUT2D eigenvalue weighted by Crippen LogP contribution is -2.29. The van der Waals surface area contributed by atoms with Gasteiger partial charge in [-0.25, -0.2) is 9.80 Å². The Morgan fingerprint density at radius 1 is 0.339 bits per heavy atom. The highest BCUT2D eigenvalue weighted by molar-refractivity contribution is 6.36. The minimum absolute atomic E-state index is 0.0144. The Labute approximate surface area is 321 Å². The molecule has 2 aliphatic heterocycles. The Morgan fingerprint density at radius 3 is 1.04 bits per heavy atom. The number of carbonyl (C=O) groups excluding carboxylic acids is 7. The fourth-order valence-electron chi connectivity index (χ4n) is 7.07. The number of fused-ring (bicyclic) bond motifs is 2. The molecule has 8 rings (SSSR count). The molecule has 0 saturated heterocycles. The third-order valence-corrected chi connectivity index (χ3v) is 10.6. The number of benzene rings is 6. The summed E-state index contributed by atoms with van der Waals surface area (Å²) < 4.78 is 0. The Balaban J connectivity index is 1.03. The Morgan fingerprint density at radius 2 is 0.661 bits per heavy atom. The molecule has 0 radical (unpaired) electrons. The molecule has 2 aliphatic rings. The first-order chi connectivity index (χ1) is 26.8. The summed E-state index contributed by atoms with van der Waals surface area (Å²) in [6.07, 6.45) is 0. The molecule has 0 unspecified atom stereocenters. The summed E-state index contributed by atoms with van der Waals surface area (Å²) in [4.78, 5) is 97.0. The minimum Gasteiger partial charge on any atom is -0.289 e. The quantitative estimate of drug-likeness (QED) is 0.114. The third-order valence-electron chi connectivity index (χ3n) is 10.6. The molecule has 6 aromatic carbocycles. The van der Waals surface area contributed by atoms with Crippen LogP contribution in [0.15, 0.2) is 121 Å². The van der Waals surface area contributed by atoms with E-state index < -0.39 is 29.4 Å². The van der Waals surface area contributed by atoms with Gasteiger partial charge in [0, 0.05) is 33.4 Å². The van der Waals surface area contributed by atoms with E-state index in [9.17, 15) is 33.6 Å². The zero-order chi connectivity index (χ0) is 39.6. The summed E-state index contributed by atoms with van der Waals surface area (Å²) in [6, 6.07) is 31.7. The van der Waals surface area contributed by atoms with Crippen molar-refractivity contribution in [3.8, 4) is 0 Å². The second-order valence-corrected chi connectivity index (χ2v) is 14.1. The van der Waals surface area contributed by atoms with Crippen molar-refractivity contribution in [3.05, 3.63) is 199 Å². The van der Waals surface area contributed by atoms with Crippen molar-refractivity contribution in [3.63, 3.8) is 0 Å². The monoisotopic (exact) mass is 736 g/mol. The predicted octanol–water partition coefficient (Wildman–Crippen LogP) is 8.21. The number of rotatable bonds is 8. The molecule has 56 heavy (non-hydrogen) atoms. The molecule has 0 atom stereocenters. The summed E-state index contributed by atoms with van der Waals surface area (Å²) in [7, 11) is 0. The number of aryl methyl sites for hydroxylation is 4. The van der Waals surface area contributed by atoms with Crippen molar-refractivity contribution in [2.75, 3.05) is 9.80 Å². The van der Waals surface area contributed by atoms with Crippen LogP contribution < -0.4 is 9.80 Å². The minimum atomic E-state index is -0.654. The van der Waals surface area contributed by atoms with Crippen LogP contribution in [-0.4, -0.2) is 41.0 Å². The van der Waals surface area contributed by atoms with Crippen molar-refractivity contribution < 1.29 is 33.6 Å². The molecule has 6 aromatic rings. The van der Waals surface area contributed by atoms with E-state index in [0.29, 0.717) is 22.3 Å². The van der Waals surface area contributed by atoms with E-state index in [1.807, 2.05) is 39.8 Å². The van der Waals surface area contributed by atoms with Gasteiger partial charge >= 0.3 is 0 Å². The maximum atomic E-state index is 13.8. The zero-order valence-corrected chi connectivity index (χ0v) is 30.8. The molecule has 4 amide bonds. The molecule has 0 bridgehead atoms. The highest BCUT2D eigenvalue weighted by Crippen LogP contribution is 2.33. The average Bonchev–Trinajstić information content (AvgIpc) is 3.61. The number of amides is 4. The molecule has 0 N–H and O–H groups in total. The van der Waals surface area contributed by atoms with E-state index in [1.165, 1.54) is 48.5 Å². The molecular weight excluding hydrogens is 705 g/mol. The molecule has 9 heteroatoms. The Bertz CT molecular complexity index is 2610. The molecule has 2 heterocycles. The third kappa shape index (κ3) is 5.86. The highest BCUT2D eigenvalue weighted by atomic mass is 16.2. The van der Waals surface area contributed by atoms with E-state index in [4.69, 9.17) is 0 Å². The van der Waals surface area contributed by atoms with Crippen molar-refractivity contribution >= 4 is 52.4 Å². The summed E-state index contributed by atoms with van der Waals surface area (Å²) in [6.45, 7) is 7.74. The van der Waals surface area contributed by atoms with Crippen LogP contribution in [0.3, 0.4) is 0 Å². The number of imide groups is 2. The molecule has 0 aromatic heterocycles. The van der Waals surface area contributed by atoms with E-state index in [-0.39, 0.29) is 56.3 Å². The van der Waals surface area contributed by atoms with Crippen LogP contribution >= 0.6 is 0 Å². The zero-order valence-electron chi connectivity index (χ0n) is 30.8. The molecular formula is C47H32N2O7. The van der Waals surface area contributed by atoms with E-state index in [2.05, 4.69) is 0 Å². The smallest absolute Gasteiger partial charge is 0.266 e. The maximum Gasteiger partial charge on any atom is 0.266 e. The van der Waals surface area contributed by atoms with Gasteiger partial charge in [0.05, 0.1) is 33.6 Å². The molecule has 0 aliphatic carbocycles. The number of anilines is 2. The molecule has 0 saturated carbocycles. The van der Waals surface area contributed by atoms with Gasteiger partial charge in [0.1, 0.15) is 0 Å². The number of carbonyl (C=O) groups is 7.